The molecular formula is C14H15N5O6S. The number of carbonyl (C=O) groups excluding carboxylic acids is 3. The number of rotatable bonds is 6. The Hall–Kier alpha value is -3.28. The number of carbonyl (C=O) groups is 3. The van der Waals surface area contributed by atoms with Crippen LogP contribution in [0.2, 0.25) is 0 Å². The van der Waals surface area contributed by atoms with Crippen LogP contribution in [0, 0.1) is 17.0 Å². The van der Waals surface area contributed by atoms with E-state index in [1.807, 2.05) is 0 Å². The van der Waals surface area contributed by atoms with Crippen LogP contribution in [0.4, 0.5) is 10.7 Å². The van der Waals surface area contributed by atoms with Gasteiger partial charge in [0.05, 0.1) is 22.0 Å². The number of hydrogen-bond donors (Lipinski definition) is 2. The number of ether oxygens (including phenoxy) is 1. The number of aryl methyl sites for hydroxylation is 1. The maximum atomic E-state index is 12.4. The molecule has 0 fully saturated rings. The molecule has 0 aliphatic carbocycles. The molecule has 26 heavy (non-hydrogen) atoms. The largest absolute Gasteiger partial charge is 0.462 e. The van der Waals surface area contributed by atoms with Gasteiger partial charge in [-0.3, -0.25) is 24.4 Å². The molecule has 12 heteroatoms. The first-order valence-corrected chi connectivity index (χ1v) is 8.08. The average molecular weight is 381 g/mol. The van der Waals surface area contributed by atoms with E-state index in [0.717, 1.165) is 22.2 Å². The van der Waals surface area contributed by atoms with Crippen LogP contribution in [0.1, 0.15) is 43.0 Å². The molecule has 0 spiro atoms. The fourth-order valence-electron chi connectivity index (χ4n) is 2.22. The minimum atomic E-state index is -0.903. The van der Waals surface area contributed by atoms with Gasteiger partial charge in [-0.15, -0.1) is 11.3 Å². The Morgan fingerprint density at radius 1 is 1.46 bits per heavy atom. The van der Waals surface area contributed by atoms with Crippen molar-refractivity contribution in [2.45, 2.75) is 13.8 Å². The summed E-state index contributed by atoms with van der Waals surface area (Å²) in [6.45, 7) is 3.17. The van der Waals surface area contributed by atoms with Gasteiger partial charge in [0.15, 0.2) is 0 Å². The molecule has 2 aromatic heterocycles. The first-order chi connectivity index (χ1) is 12.2. The molecule has 3 N–H and O–H groups in total. The monoisotopic (exact) mass is 381 g/mol. The van der Waals surface area contributed by atoms with Gasteiger partial charge in [-0.05, 0) is 19.4 Å². The number of thiophene rings is 1. The molecule has 2 amide bonds. The van der Waals surface area contributed by atoms with E-state index < -0.39 is 34.1 Å². The fourth-order valence-corrected chi connectivity index (χ4v) is 3.26. The van der Waals surface area contributed by atoms with Gasteiger partial charge < -0.3 is 15.8 Å². The van der Waals surface area contributed by atoms with E-state index in [2.05, 4.69) is 10.4 Å². The van der Waals surface area contributed by atoms with Crippen LogP contribution in [-0.4, -0.2) is 39.1 Å². The molecule has 0 aliphatic rings. The van der Waals surface area contributed by atoms with E-state index in [-0.39, 0.29) is 27.6 Å². The van der Waals surface area contributed by atoms with Gasteiger partial charge in [0.2, 0.25) is 5.69 Å². The Labute approximate surface area is 150 Å². The van der Waals surface area contributed by atoms with Gasteiger partial charge in [0.1, 0.15) is 11.2 Å². The van der Waals surface area contributed by atoms with E-state index in [1.165, 1.54) is 14.0 Å². The number of aromatic nitrogens is 2. The average Bonchev–Trinajstić information content (AvgIpc) is 3.08. The molecule has 0 aromatic carbocycles. The summed E-state index contributed by atoms with van der Waals surface area (Å²) in [5.74, 6) is -2.43. The van der Waals surface area contributed by atoms with Crippen LogP contribution in [0.3, 0.4) is 0 Å². The SMILES string of the molecule is CCOC(=O)c1c(NC(=O)c2nn(C)cc2[N+](=O)[O-])sc(C(N)=O)c1C. The number of hydrogen-bond acceptors (Lipinski definition) is 8. The van der Waals surface area contributed by atoms with Crippen LogP contribution in [0.25, 0.3) is 0 Å². The lowest BCUT2D eigenvalue weighted by Gasteiger charge is -2.06. The Morgan fingerprint density at radius 3 is 2.65 bits per heavy atom. The quantitative estimate of drug-likeness (QED) is 0.432. The molecule has 138 valence electrons. The summed E-state index contributed by atoms with van der Waals surface area (Å²) in [5, 5.41) is 17.2. The summed E-state index contributed by atoms with van der Waals surface area (Å²) in [6.07, 6.45) is 1.08. The Balaban J connectivity index is 2.47. The lowest BCUT2D eigenvalue weighted by atomic mass is 10.1. The third-order valence-corrected chi connectivity index (χ3v) is 4.52. The standard InChI is InChI=1S/C14H15N5O6S/c1-4-25-14(22)8-6(2)10(11(15)20)26-13(8)16-12(21)9-7(19(23)24)5-18(3)17-9/h5H,4H2,1-3H3,(H2,15,20)(H,16,21). The molecule has 0 saturated heterocycles. The van der Waals surface area contributed by atoms with Crippen molar-refractivity contribution in [2.75, 3.05) is 11.9 Å². The number of amides is 2. The molecule has 0 bridgehead atoms. The maximum Gasteiger partial charge on any atom is 0.341 e. The molecule has 11 nitrogen and oxygen atoms in total. The number of nitro groups is 1. The second kappa shape index (κ2) is 7.31. The number of anilines is 1. The highest BCUT2D eigenvalue weighted by atomic mass is 32.1. The molecule has 0 aliphatic heterocycles. The second-order valence-corrected chi connectivity index (χ2v) is 6.11. The van der Waals surface area contributed by atoms with Gasteiger partial charge in [-0.1, -0.05) is 0 Å². The van der Waals surface area contributed by atoms with Crippen molar-refractivity contribution in [1.29, 1.82) is 0 Å². The molecule has 0 atom stereocenters. The number of primary amides is 1. The minimum Gasteiger partial charge on any atom is -0.462 e. The fraction of sp³-hybridized carbons (Fsp3) is 0.286. The van der Waals surface area contributed by atoms with Crippen LogP contribution in [0.15, 0.2) is 6.20 Å². The maximum absolute atomic E-state index is 12.4. The van der Waals surface area contributed by atoms with E-state index in [1.54, 1.807) is 6.92 Å². The van der Waals surface area contributed by atoms with Gasteiger partial charge in [0.25, 0.3) is 11.8 Å². The normalized spacial score (nSPS) is 10.4. The van der Waals surface area contributed by atoms with E-state index in [4.69, 9.17) is 10.5 Å². The summed E-state index contributed by atoms with van der Waals surface area (Å²) in [4.78, 5) is 46.5. The zero-order chi connectivity index (χ0) is 19.6. The van der Waals surface area contributed by atoms with Crippen molar-refractivity contribution in [2.24, 2.45) is 12.8 Å². The van der Waals surface area contributed by atoms with Gasteiger partial charge in [0, 0.05) is 7.05 Å². The predicted molar refractivity (Wildman–Crippen MR) is 91.3 cm³/mol. The van der Waals surface area contributed by atoms with Crippen molar-refractivity contribution in [1.82, 2.24) is 9.78 Å². The van der Waals surface area contributed by atoms with E-state index >= 15 is 0 Å². The van der Waals surface area contributed by atoms with Gasteiger partial charge >= 0.3 is 11.7 Å². The van der Waals surface area contributed by atoms with Crippen molar-refractivity contribution in [3.8, 4) is 0 Å². The minimum absolute atomic E-state index is 0.000277. The van der Waals surface area contributed by atoms with E-state index in [0.29, 0.717) is 0 Å². The topological polar surface area (TPSA) is 159 Å². The number of esters is 1. The van der Waals surface area contributed by atoms with Crippen molar-refractivity contribution in [3.05, 3.63) is 38.0 Å². The first kappa shape index (κ1) is 19.1. The van der Waals surface area contributed by atoms with Crippen LogP contribution < -0.4 is 11.1 Å². The second-order valence-electron chi connectivity index (χ2n) is 5.09. The Morgan fingerprint density at radius 2 is 2.12 bits per heavy atom. The number of nitrogens with one attached hydrogen (secondary N) is 1. The number of nitrogens with two attached hydrogens (primary N) is 1. The summed E-state index contributed by atoms with van der Waals surface area (Å²) in [7, 11) is 1.42. The first-order valence-electron chi connectivity index (χ1n) is 7.27. The molecular weight excluding hydrogens is 366 g/mol. The third-order valence-electron chi connectivity index (χ3n) is 3.30. The molecule has 0 radical (unpaired) electrons. The lowest BCUT2D eigenvalue weighted by Crippen LogP contribution is -2.16. The molecule has 0 saturated carbocycles. The lowest BCUT2D eigenvalue weighted by molar-refractivity contribution is -0.385. The third kappa shape index (κ3) is 3.54. The molecule has 2 heterocycles. The highest BCUT2D eigenvalue weighted by Crippen LogP contribution is 2.34. The smallest absolute Gasteiger partial charge is 0.341 e. The summed E-state index contributed by atoms with van der Waals surface area (Å²) < 4.78 is 6.05. The van der Waals surface area contributed by atoms with Crippen LogP contribution >= 0.6 is 11.3 Å². The molecule has 0 unspecified atom stereocenters. The highest BCUT2D eigenvalue weighted by molar-refractivity contribution is 7.18. The predicted octanol–water partition coefficient (Wildman–Crippen LogP) is 1.23. The van der Waals surface area contributed by atoms with Crippen LogP contribution in [0.5, 0.6) is 0 Å². The highest BCUT2D eigenvalue weighted by Gasteiger charge is 2.29. The van der Waals surface area contributed by atoms with Gasteiger partial charge in [-0.25, -0.2) is 4.79 Å². The molecule has 2 aromatic rings. The van der Waals surface area contributed by atoms with Crippen molar-refractivity contribution in [3.63, 3.8) is 0 Å². The zero-order valence-electron chi connectivity index (χ0n) is 14.1. The Kier molecular flexibility index (Phi) is 5.35. The Bertz CT molecular complexity index is 915. The van der Waals surface area contributed by atoms with Gasteiger partial charge in [-0.2, -0.15) is 5.10 Å². The van der Waals surface area contributed by atoms with Crippen molar-refractivity contribution >= 4 is 39.8 Å². The molecule has 2 rings (SSSR count). The summed E-state index contributed by atoms with van der Waals surface area (Å²) in [5.41, 5.74) is 4.58. The number of nitrogens with zero attached hydrogens (tertiary/aromatic N) is 3. The summed E-state index contributed by atoms with van der Waals surface area (Å²) >= 11 is 0.781. The summed E-state index contributed by atoms with van der Waals surface area (Å²) in [6, 6.07) is 0. The van der Waals surface area contributed by atoms with Crippen molar-refractivity contribution < 1.29 is 24.0 Å². The van der Waals surface area contributed by atoms with E-state index in [9.17, 15) is 24.5 Å². The zero-order valence-corrected chi connectivity index (χ0v) is 14.9. The van der Waals surface area contributed by atoms with Crippen LogP contribution in [-0.2, 0) is 11.8 Å².